The molecule has 0 radical (unpaired) electrons. The first-order chi connectivity index (χ1) is 13.1. The van der Waals surface area contributed by atoms with Crippen LogP contribution in [-0.2, 0) is 11.3 Å². The van der Waals surface area contributed by atoms with E-state index in [1.54, 1.807) is 42.5 Å². The van der Waals surface area contributed by atoms with Crippen molar-refractivity contribution in [2.75, 3.05) is 7.11 Å². The van der Waals surface area contributed by atoms with Gasteiger partial charge >= 0.3 is 5.97 Å². The summed E-state index contributed by atoms with van der Waals surface area (Å²) < 4.78 is 23.9. The molecule has 4 nitrogen and oxygen atoms in total. The quantitative estimate of drug-likeness (QED) is 0.480. The van der Waals surface area contributed by atoms with Gasteiger partial charge in [0.05, 0.1) is 12.7 Å². The number of ketones is 1. The predicted molar refractivity (Wildman–Crippen MR) is 98.4 cm³/mol. The number of methoxy groups -OCH3 is 1. The third kappa shape index (κ3) is 4.20. The molecular formula is C22H17FO4. The van der Waals surface area contributed by atoms with Gasteiger partial charge in [-0.2, -0.15) is 0 Å². The van der Waals surface area contributed by atoms with Crippen LogP contribution in [0.5, 0.6) is 5.75 Å². The minimum absolute atomic E-state index is 0.154. The second-order valence-corrected chi connectivity index (χ2v) is 5.77. The number of rotatable bonds is 6. The van der Waals surface area contributed by atoms with Crippen LogP contribution in [-0.4, -0.2) is 18.9 Å². The van der Waals surface area contributed by atoms with Gasteiger partial charge in [0.1, 0.15) is 18.2 Å². The maximum atomic E-state index is 13.4. The van der Waals surface area contributed by atoms with Crippen molar-refractivity contribution in [2.24, 2.45) is 0 Å². The molecule has 0 bridgehead atoms. The molecule has 0 aliphatic carbocycles. The number of carbonyl (C=O) groups is 2. The summed E-state index contributed by atoms with van der Waals surface area (Å²) in [4.78, 5) is 25.3. The molecule has 0 atom stereocenters. The molecule has 0 heterocycles. The zero-order chi connectivity index (χ0) is 19.2. The minimum atomic E-state index is -0.666. The van der Waals surface area contributed by atoms with Gasteiger partial charge in [0, 0.05) is 16.7 Å². The van der Waals surface area contributed by atoms with Crippen LogP contribution in [0.3, 0.4) is 0 Å². The van der Waals surface area contributed by atoms with Crippen molar-refractivity contribution >= 4 is 11.8 Å². The fourth-order valence-electron chi connectivity index (χ4n) is 2.69. The van der Waals surface area contributed by atoms with Crippen LogP contribution >= 0.6 is 0 Å². The third-order valence-electron chi connectivity index (χ3n) is 4.03. The van der Waals surface area contributed by atoms with E-state index < -0.39 is 11.8 Å². The number of benzene rings is 3. The number of hydrogen-bond donors (Lipinski definition) is 0. The van der Waals surface area contributed by atoms with Crippen LogP contribution in [0.1, 0.15) is 31.8 Å². The van der Waals surface area contributed by atoms with Crippen LogP contribution in [0.4, 0.5) is 4.39 Å². The van der Waals surface area contributed by atoms with Gasteiger partial charge in [-0.3, -0.25) is 4.79 Å². The molecule has 27 heavy (non-hydrogen) atoms. The van der Waals surface area contributed by atoms with Crippen molar-refractivity contribution in [3.8, 4) is 5.75 Å². The first-order valence-corrected chi connectivity index (χ1v) is 8.28. The fourth-order valence-corrected chi connectivity index (χ4v) is 2.69. The van der Waals surface area contributed by atoms with Crippen LogP contribution in [0, 0.1) is 5.82 Å². The largest absolute Gasteiger partial charge is 0.496 e. The lowest BCUT2D eigenvalue weighted by atomic mass is 9.98. The maximum Gasteiger partial charge on any atom is 0.339 e. The van der Waals surface area contributed by atoms with Crippen molar-refractivity contribution < 1.29 is 23.5 Å². The lowest BCUT2D eigenvalue weighted by Crippen LogP contribution is -2.13. The maximum absolute atomic E-state index is 13.4. The van der Waals surface area contributed by atoms with Crippen molar-refractivity contribution in [2.45, 2.75) is 6.61 Å². The van der Waals surface area contributed by atoms with Gasteiger partial charge in [-0.25, -0.2) is 9.18 Å². The smallest absolute Gasteiger partial charge is 0.339 e. The van der Waals surface area contributed by atoms with Crippen LogP contribution < -0.4 is 4.74 Å². The van der Waals surface area contributed by atoms with E-state index in [1.165, 1.54) is 31.4 Å². The SMILES string of the molecule is COc1ccc(F)cc1COC(=O)c1ccccc1C(=O)c1ccccc1. The second-order valence-electron chi connectivity index (χ2n) is 5.77. The van der Waals surface area contributed by atoms with E-state index in [9.17, 15) is 14.0 Å². The fraction of sp³-hybridized carbons (Fsp3) is 0.0909. The molecule has 0 unspecified atom stereocenters. The Labute approximate surface area is 156 Å². The molecule has 0 aliphatic rings. The van der Waals surface area contributed by atoms with Crippen LogP contribution in [0.2, 0.25) is 0 Å². The molecule has 3 aromatic rings. The van der Waals surface area contributed by atoms with E-state index in [2.05, 4.69) is 0 Å². The molecule has 3 rings (SSSR count). The Hall–Kier alpha value is -3.47. The number of carbonyl (C=O) groups excluding carboxylic acids is 2. The summed E-state index contributed by atoms with van der Waals surface area (Å²) in [7, 11) is 1.45. The molecule has 0 spiro atoms. The van der Waals surface area contributed by atoms with E-state index in [-0.39, 0.29) is 23.5 Å². The second kappa shape index (κ2) is 8.27. The molecule has 136 valence electrons. The zero-order valence-electron chi connectivity index (χ0n) is 14.6. The molecular weight excluding hydrogens is 347 g/mol. The van der Waals surface area contributed by atoms with E-state index >= 15 is 0 Å². The highest BCUT2D eigenvalue weighted by Gasteiger charge is 2.19. The van der Waals surface area contributed by atoms with E-state index in [0.717, 1.165) is 0 Å². The number of hydrogen-bond acceptors (Lipinski definition) is 4. The summed E-state index contributed by atoms with van der Waals surface area (Å²) >= 11 is 0. The third-order valence-corrected chi connectivity index (χ3v) is 4.03. The number of halogens is 1. The Morgan fingerprint density at radius 1 is 0.889 bits per heavy atom. The molecule has 0 fully saturated rings. The van der Waals surface area contributed by atoms with Crippen molar-refractivity contribution in [3.63, 3.8) is 0 Å². The predicted octanol–water partition coefficient (Wildman–Crippen LogP) is 4.42. The van der Waals surface area contributed by atoms with Gasteiger partial charge in [0.2, 0.25) is 0 Å². The van der Waals surface area contributed by atoms with E-state index in [4.69, 9.17) is 9.47 Å². The number of ether oxygens (including phenoxy) is 2. The summed E-state index contributed by atoms with van der Waals surface area (Å²) in [5, 5.41) is 0. The molecule has 0 aliphatic heterocycles. The Morgan fingerprint density at radius 3 is 2.26 bits per heavy atom. The summed E-state index contributed by atoms with van der Waals surface area (Å²) in [6.45, 7) is -0.173. The van der Waals surface area contributed by atoms with Crippen molar-refractivity contribution in [1.29, 1.82) is 0 Å². The average Bonchev–Trinajstić information content (AvgIpc) is 2.72. The molecule has 0 amide bonds. The lowest BCUT2D eigenvalue weighted by Gasteiger charge is -2.11. The lowest BCUT2D eigenvalue weighted by molar-refractivity contribution is 0.0467. The van der Waals surface area contributed by atoms with Crippen molar-refractivity contribution in [3.05, 3.63) is 101 Å². The molecule has 3 aromatic carbocycles. The summed E-state index contributed by atoms with van der Waals surface area (Å²) in [5.41, 5.74) is 1.28. The summed E-state index contributed by atoms with van der Waals surface area (Å²) in [5.74, 6) is -0.980. The van der Waals surface area contributed by atoms with Crippen LogP contribution in [0.25, 0.3) is 0 Å². The Balaban J connectivity index is 1.82. The van der Waals surface area contributed by atoms with Gasteiger partial charge in [-0.05, 0) is 24.3 Å². The average molecular weight is 364 g/mol. The van der Waals surface area contributed by atoms with E-state index in [1.807, 2.05) is 6.07 Å². The first kappa shape index (κ1) is 18.3. The Kier molecular flexibility index (Phi) is 5.61. The highest BCUT2D eigenvalue weighted by Crippen LogP contribution is 2.22. The monoisotopic (exact) mass is 364 g/mol. The molecule has 0 saturated heterocycles. The van der Waals surface area contributed by atoms with Crippen LogP contribution in [0.15, 0.2) is 72.8 Å². The van der Waals surface area contributed by atoms with Gasteiger partial charge in [-0.1, -0.05) is 48.5 Å². The normalized spacial score (nSPS) is 10.3. The van der Waals surface area contributed by atoms with Gasteiger partial charge < -0.3 is 9.47 Å². The standard InChI is InChI=1S/C22H17FO4/c1-26-20-12-11-17(23)13-16(20)14-27-22(25)19-10-6-5-9-18(19)21(24)15-7-3-2-4-8-15/h2-13H,14H2,1H3. The number of esters is 1. The topological polar surface area (TPSA) is 52.6 Å². The summed E-state index contributed by atoms with van der Waals surface area (Å²) in [6, 6.07) is 19.1. The zero-order valence-corrected chi connectivity index (χ0v) is 14.6. The van der Waals surface area contributed by atoms with Crippen molar-refractivity contribution in [1.82, 2.24) is 0 Å². The minimum Gasteiger partial charge on any atom is -0.496 e. The molecule has 0 saturated carbocycles. The first-order valence-electron chi connectivity index (χ1n) is 8.28. The van der Waals surface area contributed by atoms with Gasteiger partial charge in [0.15, 0.2) is 5.78 Å². The Morgan fingerprint density at radius 2 is 1.56 bits per heavy atom. The van der Waals surface area contributed by atoms with Gasteiger partial charge in [0.25, 0.3) is 0 Å². The highest BCUT2D eigenvalue weighted by molar-refractivity contribution is 6.14. The Bertz CT molecular complexity index is 967. The van der Waals surface area contributed by atoms with Gasteiger partial charge in [-0.15, -0.1) is 0 Å². The summed E-state index contributed by atoms with van der Waals surface area (Å²) in [6.07, 6.45) is 0. The molecule has 0 aromatic heterocycles. The van der Waals surface area contributed by atoms with E-state index in [0.29, 0.717) is 16.9 Å². The highest BCUT2D eigenvalue weighted by atomic mass is 19.1. The molecule has 0 N–H and O–H groups in total. The molecule has 5 heteroatoms.